The first-order valence-electron chi connectivity index (χ1n) is 9.54. The molecule has 0 amide bonds. The first-order valence-corrected chi connectivity index (χ1v) is 9.54. The summed E-state index contributed by atoms with van der Waals surface area (Å²) in [6, 6.07) is 15.5. The molecule has 0 radical (unpaired) electrons. The number of anilines is 1. The fourth-order valence-corrected chi connectivity index (χ4v) is 4.02. The predicted molar refractivity (Wildman–Crippen MR) is 112 cm³/mol. The van der Waals surface area contributed by atoms with Crippen molar-refractivity contribution >= 4 is 28.4 Å². The number of rotatable bonds is 4. The minimum absolute atomic E-state index is 0.136. The first-order chi connectivity index (χ1) is 13.8. The van der Waals surface area contributed by atoms with Gasteiger partial charge < -0.3 is 14.1 Å². The highest BCUT2D eigenvalue weighted by atomic mass is 16.5. The lowest BCUT2D eigenvalue weighted by Crippen LogP contribution is -2.25. The Balaban J connectivity index is 1.50. The second kappa shape index (κ2) is 6.92. The van der Waals surface area contributed by atoms with Gasteiger partial charge in [-0.2, -0.15) is 0 Å². The minimum atomic E-state index is -0.632. The van der Waals surface area contributed by atoms with Crippen molar-refractivity contribution in [3.63, 3.8) is 0 Å². The normalized spacial score (nSPS) is 16.3. The molecule has 0 bridgehead atoms. The monoisotopic (exact) mass is 389 g/mol. The van der Waals surface area contributed by atoms with E-state index in [9.17, 15) is 9.59 Å². The third kappa shape index (κ3) is 3.12. The highest BCUT2D eigenvalue weighted by molar-refractivity contribution is 5.98. The van der Waals surface area contributed by atoms with Gasteiger partial charge >= 0.3 is 5.97 Å². The Morgan fingerprint density at radius 2 is 1.79 bits per heavy atom. The first kappa shape index (κ1) is 19.0. The van der Waals surface area contributed by atoms with Gasteiger partial charge in [-0.1, -0.05) is 50.2 Å². The molecule has 0 saturated heterocycles. The number of hydrogen-bond donors (Lipinski definition) is 0. The Bertz CT molecular complexity index is 1150. The lowest BCUT2D eigenvalue weighted by atomic mass is 9.83. The van der Waals surface area contributed by atoms with E-state index in [2.05, 4.69) is 19.9 Å². The smallest absolute Gasteiger partial charge is 0.375 e. The largest absolute Gasteiger partial charge is 0.451 e. The molecule has 29 heavy (non-hydrogen) atoms. The Hall–Kier alpha value is -3.34. The van der Waals surface area contributed by atoms with E-state index in [0.717, 1.165) is 22.3 Å². The Kier molecular flexibility index (Phi) is 4.53. The molecule has 0 N–H and O–H groups in total. The van der Waals surface area contributed by atoms with Crippen LogP contribution in [0.25, 0.3) is 11.0 Å². The number of ether oxygens (including phenoxy) is 1. The van der Waals surface area contributed by atoms with Crippen molar-refractivity contribution < 1.29 is 18.7 Å². The quantitative estimate of drug-likeness (QED) is 0.475. The number of hydrogen-bond acceptors (Lipinski definition) is 5. The van der Waals surface area contributed by atoms with Crippen LogP contribution in [0.5, 0.6) is 0 Å². The fourth-order valence-electron chi connectivity index (χ4n) is 4.02. The molecule has 2 heterocycles. The van der Waals surface area contributed by atoms with E-state index < -0.39 is 5.97 Å². The van der Waals surface area contributed by atoms with Crippen LogP contribution in [0.2, 0.25) is 0 Å². The zero-order valence-electron chi connectivity index (χ0n) is 17.0. The van der Waals surface area contributed by atoms with Crippen LogP contribution in [0.15, 0.2) is 64.7 Å². The van der Waals surface area contributed by atoms with E-state index in [1.165, 1.54) is 0 Å². The summed E-state index contributed by atoms with van der Waals surface area (Å²) in [5.41, 5.74) is 4.14. The van der Waals surface area contributed by atoms with E-state index in [-0.39, 0.29) is 23.6 Å². The number of allylic oxidation sites excluding steroid dienone is 1. The number of aryl methyl sites for hydroxylation is 1. The zero-order chi connectivity index (χ0) is 20.8. The van der Waals surface area contributed by atoms with Crippen LogP contribution in [-0.2, 0) is 14.9 Å². The van der Waals surface area contributed by atoms with Gasteiger partial charge in [0.1, 0.15) is 5.58 Å². The van der Waals surface area contributed by atoms with Crippen LogP contribution in [0.1, 0.15) is 35.5 Å². The van der Waals surface area contributed by atoms with Crippen molar-refractivity contribution in [1.29, 1.82) is 0 Å². The molecule has 0 saturated carbocycles. The van der Waals surface area contributed by atoms with Gasteiger partial charge in [-0.05, 0) is 24.6 Å². The highest BCUT2D eigenvalue weighted by Gasteiger charge is 2.38. The number of benzene rings is 2. The molecule has 0 aliphatic carbocycles. The van der Waals surface area contributed by atoms with Crippen LogP contribution >= 0.6 is 0 Å². The summed E-state index contributed by atoms with van der Waals surface area (Å²) >= 11 is 0. The third-order valence-corrected chi connectivity index (χ3v) is 5.61. The van der Waals surface area contributed by atoms with Crippen LogP contribution in [0, 0.1) is 6.92 Å². The molecule has 3 aromatic rings. The summed E-state index contributed by atoms with van der Waals surface area (Å²) in [6.45, 7) is 5.63. The number of ketones is 1. The van der Waals surface area contributed by atoms with Crippen molar-refractivity contribution in [1.82, 2.24) is 0 Å². The summed E-state index contributed by atoms with van der Waals surface area (Å²) in [7, 11) is 1.94. The molecule has 1 aliphatic rings. The van der Waals surface area contributed by atoms with Crippen LogP contribution < -0.4 is 4.90 Å². The predicted octanol–water partition coefficient (Wildman–Crippen LogP) is 4.78. The molecule has 5 nitrogen and oxygen atoms in total. The summed E-state index contributed by atoms with van der Waals surface area (Å²) < 4.78 is 10.9. The molecule has 0 spiro atoms. The molecule has 0 fully saturated rings. The van der Waals surface area contributed by atoms with Crippen molar-refractivity contribution in [3.05, 3.63) is 77.2 Å². The molecule has 0 unspecified atom stereocenters. The minimum Gasteiger partial charge on any atom is -0.451 e. The topological polar surface area (TPSA) is 59.8 Å². The van der Waals surface area contributed by atoms with Gasteiger partial charge in [0.2, 0.25) is 5.76 Å². The van der Waals surface area contributed by atoms with Gasteiger partial charge in [0.25, 0.3) is 0 Å². The average Bonchev–Trinajstić information content (AvgIpc) is 3.15. The highest BCUT2D eigenvalue weighted by Crippen LogP contribution is 2.46. The number of carbonyl (C=O) groups excluding carboxylic acids is 2. The number of likely N-dealkylation sites (N-methyl/N-ethyl adjacent to an activating group) is 1. The number of para-hydroxylation sites is 2. The number of carbonyl (C=O) groups is 2. The zero-order valence-corrected chi connectivity index (χ0v) is 17.0. The Labute approximate surface area is 169 Å². The SMILES string of the molecule is Cc1c(C(=O)OCC(=O)/C=C2\N(C)c3ccccc3C2(C)C)oc2ccccc12. The Morgan fingerprint density at radius 1 is 1.10 bits per heavy atom. The van der Waals surface area contributed by atoms with Crippen molar-refractivity contribution in [2.75, 3.05) is 18.6 Å². The molecular formula is C24H23NO4. The van der Waals surface area contributed by atoms with Crippen molar-refractivity contribution in [2.45, 2.75) is 26.2 Å². The van der Waals surface area contributed by atoms with E-state index in [1.807, 2.05) is 48.3 Å². The molecule has 5 heteroatoms. The van der Waals surface area contributed by atoms with Gasteiger partial charge in [-0.3, -0.25) is 4.79 Å². The summed E-state index contributed by atoms with van der Waals surface area (Å²) in [5, 5.41) is 0.861. The molecule has 1 aliphatic heterocycles. The maximum atomic E-state index is 12.6. The van der Waals surface area contributed by atoms with Crippen molar-refractivity contribution in [2.24, 2.45) is 0 Å². The van der Waals surface area contributed by atoms with E-state index >= 15 is 0 Å². The lowest BCUT2D eigenvalue weighted by Gasteiger charge is -2.23. The third-order valence-electron chi connectivity index (χ3n) is 5.61. The second-order valence-corrected chi connectivity index (χ2v) is 7.83. The van der Waals surface area contributed by atoms with Gasteiger partial charge in [0.15, 0.2) is 12.4 Å². The van der Waals surface area contributed by atoms with E-state index in [0.29, 0.717) is 11.1 Å². The summed E-state index contributed by atoms with van der Waals surface area (Å²) in [5.74, 6) is -0.764. The van der Waals surface area contributed by atoms with E-state index in [4.69, 9.17) is 9.15 Å². The molecule has 0 atom stereocenters. The molecular weight excluding hydrogens is 366 g/mol. The standard InChI is InChI=1S/C24H23NO4/c1-15-17-9-5-8-12-20(17)29-22(15)23(27)28-14-16(26)13-21-24(2,3)18-10-6-7-11-19(18)25(21)4/h5-13H,14H2,1-4H3/b21-13-. The maximum absolute atomic E-state index is 12.6. The van der Waals surface area contributed by atoms with Crippen LogP contribution in [0.4, 0.5) is 5.69 Å². The second-order valence-electron chi connectivity index (χ2n) is 7.83. The molecule has 2 aromatic carbocycles. The van der Waals surface area contributed by atoms with E-state index in [1.54, 1.807) is 19.1 Å². The summed E-state index contributed by atoms with van der Waals surface area (Å²) in [6.07, 6.45) is 1.57. The lowest BCUT2D eigenvalue weighted by molar-refractivity contribution is -0.117. The average molecular weight is 389 g/mol. The van der Waals surface area contributed by atoms with Crippen molar-refractivity contribution in [3.8, 4) is 0 Å². The molecule has 1 aromatic heterocycles. The summed E-state index contributed by atoms with van der Waals surface area (Å²) in [4.78, 5) is 27.0. The van der Waals surface area contributed by atoms with Crippen LogP contribution in [-0.4, -0.2) is 25.4 Å². The molecule has 4 rings (SSSR count). The number of furan rings is 1. The van der Waals surface area contributed by atoms with Gasteiger partial charge in [-0.15, -0.1) is 0 Å². The number of nitrogens with zero attached hydrogens (tertiary/aromatic N) is 1. The fraction of sp³-hybridized carbons (Fsp3) is 0.250. The number of esters is 1. The van der Waals surface area contributed by atoms with Gasteiger partial charge in [0, 0.05) is 40.9 Å². The maximum Gasteiger partial charge on any atom is 0.375 e. The van der Waals surface area contributed by atoms with Gasteiger partial charge in [0.05, 0.1) is 0 Å². The van der Waals surface area contributed by atoms with Crippen LogP contribution in [0.3, 0.4) is 0 Å². The van der Waals surface area contributed by atoms with Gasteiger partial charge in [-0.25, -0.2) is 4.79 Å². The Morgan fingerprint density at radius 3 is 2.52 bits per heavy atom. The number of fused-ring (bicyclic) bond motifs is 2. The molecule has 148 valence electrons.